The number of benzene rings is 2. The van der Waals surface area contributed by atoms with Crippen molar-refractivity contribution < 1.29 is 17.5 Å². The van der Waals surface area contributed by atoms with E-state index in [4.69, 9.17) is 4.74 Å². The highest BCUT2D eigenvalue weighted by Gasteiger charge is 2.30. The van der Waals surface area contributed by atoms with Gasteiger partial charge in [-0.25, -0.2) is 27.7 Å². The average molecular weight is 488 g/mol. The Kier molecular flexibility index (Phi) is 5.79. The molecule has 5 rings (SSSR count). The van der Waals surface area contributed by atoms with Crippen molar-refractivity contribution in [1.29, 1.82) is 0 Å². The summed E-state index contributed by atoms with van der Waals surface area (Å²) in [5, 5.41) is 1.55. The molecule has 35 heavy (non-hydrogen) atoms. The molecule has 3 heterocycles. The Morgan fingerprint density at radius 1 is 0.829 bits per heavy atom. The molecule has 0 aliphatic rings. The molecule has 0 saturated carbocycles. The summed E-state index contributed by atoms with van der Waals surface area (Å²) in [6, 6.07) is 15.9. The largest absolute Gasteiger partial charge is 0.495 e. The summed E-state index contributed by atoms with van der Waals surface area (Å²) in [4.78, 5) is 15.9. The van der Waals surface area contributed by atoms with Crippen molar-refractivity contribution in [3.63, 3.8) is 0 Å². The molecule has 0 radical (unpaired) electrons. The van der Waals surface area contributed by atoms with Crippen molar-refractivity contribution in [1.82, 2.24) is 19.9 Å². The number of sulfonamides is 1. The van der Waals surface area contributed by atoms with E-state index in [0.717, 1.165) is 15.1 Å². The predicted molar refractivity (Wildman–Crippen MR) is 129 cm³/mol. The lowest BCUT2D eigenvalue weighted by molar-refractivity contribution is 0.416. The minimum absolute atomic E-state index is 0.0728. The summed E-state index contributed by atoms with van der Waals surface area (Å²) >= 11 is 0. The molecule has 174 valence electrons. The Balaban J connectivity index is 1.68. The topological polar surface area (TPSA) is 98.2 Å². The molecule has 2 aromatic carbocycles. The van der Waals surface area contributed by atoms with Crippen LogP contribution in [0.5, 0.6) is 5.75 Å². The average Bonchev–Trinajstić information content (AvgIpc) is 2.89. The van der Waals surface area contributed by atoms with Crippen LogP contribution in [0.2, 0.25) is 0 Å². The van der Waals surface area contributed by atoms with E-state index in [2.05, 4.69) is 19.9 Å². The van der Waals surface area contributed by atoms with Crippen LogP contribution in [0.4, 0.5) is 15.9 Å². The van der Waals surface area contributed by atoms with Crippen molar-refractivity contribution >= 4 is 32.3 Å². The van der Waals surface area contributed by atoms with Gasteiger partial charge in [0, 0.05) is 41.8 Å². The van der Waals surface area contributed by atoms with E-state index >= 15 is 0 Å². The SMILES string of the molecule is COc1cc(-c2ccc(F)nc2)ccc1N(c1ccncn1)S(=O)(=O)c1ccc2cnccc2c1. The second-order valence-corrected chi connectivity index (χ2v) is 9.26. The normalized spacial score (nSPS) is 11.4. The third-order valence-corrected chi connectivity index (χ3v) is 7.10. The highest BCUT2D eigenvalue weighted by Crippen LogP contribution is 2.40. The number of anilines is 2. The number of ether oxygens (including phenoxy) is 1. The van der Waals surface area contributed by atoms with Crippen LogP contribution in [0.25, 0.3) is 21.9 Å². The summed E-state index contributed by atoms with van der Waals surface area (Å²) in [6.07, 6.45) is 7.40. The van der Waals surface area contributed by atoms with Gasteiger partial charge in [-0.1, -0.05) is 12.1 Å². The zero-order chi connectivity index (χ0) is 24.4. The Bertz CT molecular complexity index is 1610. The van der Waals surface area contributed by atoms with Crippen molar-refractivity contribution in [2.24, 2.45) is 0 Å². The molecule has 0 atom stereocenters. The number of pyridine rings is 2. The molecule has 0 fully saturated rings. The lowest BCUT2D eigenvalue weighted by atomic mass is 10.1. The number of aromatic nitrogens is 4. The number of halogens is 1. The van der Waals surface area contributed by atoms with Gasteiger partial charge in [0.05, 0.1) is 12.0 Å². The van der Waals surface area contributed by atoms with E-state index < -0.39 is 16.0 Å². The maximum atomic E-state index is 14.0. The van der Waals surface area contributed by atoms with Crippen LogP contribution >= 0.6 is 0 Å². The third kappa shape index (κ3) is 4.26. The molecular weight excluding hydrogens is 469 g/mol. The van der Waals surface area contributed by atoms with Gasteiger partial charge in [-0.3, -0.25) is 4.98 Å². The van der Waals surface area contributed by atoms with Crippen LogP contribution in [-0.4, -0.2) is 35.5 Å². The fourth-order valence-corrected chi connectivity index (χ4v) is 5.17. The Morgan fingerprint density at radius 2 is 1.66 bits per heavy atom. The Hall–Kier alpha value is -4.44. The van der Waals surface area contributed by atoms with Gasteiger partial charge in [0.15, 0.2) is 5.82 Å². The molecule has 0 spiro atoms. The van der Waals surface area contributed by atoms with E-state index in [9.17, 15) is 12.8 Å². The van der Waals surface area contributed by atoms with Gasteiger partial charge in [0.25, 0.3) is 10.0 Å². The van der Waals surface area contributed by atoms with Crippen LogP contribution < -0.4 is 9.04 Å². The van der Waals surface area contributed by atoms with Gasteiger partial charge in [0.2, 0.25) is 5.95 Å². The molecule has 0 amide bonds. The summed E-state index contributed by atoms with van der Waals surface area (Å²) in [5.41, 5.74) is 1.58. The number of hydrogen-bond acceptors (Lipinski definition) is 7. The fraction of sp³-hybridized carbons (Fsp3) is 0.0400. The predicted octanol–water partition coefficient (Wildman–Crippen LogP) is 4.76. The molecule has 0 aliphatic carbocycles. The van der Waals surface area contributed by atoms with Gasteiger partial charge in [0.1, 0.15) is 17.8 Å². The molecule has 10 heteroatoms. The first-order valence-electron chi connectivity index (χ1n) is 10.4. The van der Waals surface area contributed by atoms with Crippen molar-refractivity contribution in [3.8, 4) is 16.9 Å². The van der Waals surface area contributed by atoms with E-state index in [1.165, 1.54) is 44.0 Å². The quantitative estimate of drug-likeness (QED) is 0.319. The Morgan fingerprint density at radius 3 is 2.40 bits per heavy atom. The molecular formula is C25H18FN5O3S. The first kappa shape index (κ1) is 22.4. The minimum atomic E-state index is -4.13. The van der Waals surface area contributed by atoms with Crippen LogP contribution in [0.1, 0.15) is 0 Å². The second kappa shape index (κ2) is 9.07. The van der Waals surface area contributed by atoms with Gasteiger partial charge in [-0.05, 0) is 53.4 Å². The summed E-state index contributed by atoms with van der Waals surface area (Å²) in [7, 11) is -2.69. The van der Waals surface area contributed by atoms with E-state index in [-0.39, 0.29) is 22.2 Å². The maximum Gasteiger partial charge on any atom is 0.270 e. The fourth-order valence-electron chi connectivity index (χ4n) is 3.68. The molecule has 3 aromatic heterocycles. The molecule has 0 aliphatic heterocycles. The minimum Gasteiger partial charge on any atom is -0.495 e. The third-order valence-electron chi connectivity index (χ3n) is 5.38. The second-order valence-electron chi connectivity index (χ2n) is 7.48. The lowest BCUT2D eigenvalue weighted by Crippen LogP contribution is -2.27. The first-order chi connectivity index (χ1) is 17.0. The zero-order valence-electron chi connectivity index (χ0n) is 18.4. The van der Waals surface area contributed by atoms with Crippen LogP contribution in [0, 0.1) is 5.95 Å². The summed E-state index contributed by atoms with van der Waals surface area (Å²) < 4.78 is 47.9. The monoisotopic (exact) mass is 487 g/mol. The van der Waals surface area contributed by atoms with E-state index in [1.807, 2.05) is 0 Å². The molecule has 0 unspecified atom stereocenters. The number of hydrogen-bond donors (Lipinski definition) is 0. The highest BCUT2D eigenvalue weighted by molar-refractivity contribution is 7.93. The highest BCUT2D eigenvalue weighted by atomic mass is 32.2. The molecule has 5 aromatic rings. The van der Waals surface area contributed by atoms with E-state index in [1.54, 1.807) is 54.9 Å². The first-order valence-corrected chi connectivity index (χ1v) is 11.9. The molecule has 0 saturated heterocycles. The van der Waals surface area contributed by atoms with Crippen molar-refractivity contribution in [2.75, 3.05) is 11.4 Å². The van der Waals surface area contributed by atoms with Crippen molar-refractivity contribution in [3.05, 3.63) is 97.7 Å². The van der Waals surface area contributed by atoms with Gasteiger partial charge < -0.3 is 4.74 Å². The summed E-state index contributed by atoms with van der Waals surface area (Å²) in [6.45, 7) is 0. The van der Waals surface area contributed by atoms with Crippen LogP contribution in [-0.2, 0) is 10.0 Å². The number of nitrogens with zero attached hydrogens (tertiary/aromatic N) is 5. The molecule has 0 N–H and O–H groups in total. The Labute approximate surface area is 200 Å². The van der Waals surface area contributed by atoms with Crippen LogP contribution in [0.15, 0.2) is 96.7 Å². The van der Waals surface area contributed by atoms with E-state index in [0.29, 0.717) is 11.1 Å². The van der Waals surface area contributed by atoms with Crippen molar-refractivity contribution in [2.45, 2.75) is 4.90 Å². The number of fused-ring (bicyclic) bond motifs is 1. The van der Waals surface area contributed by atoms with Crippen LogP contribution in [0.3, 0.4) is 0 Å². The van der Waals surface area contributed by atoms with Gasteiger partial charge in [-0.15, -0.1) is 0 Å². The van der Waals surface area contributed by atoms with Gasteiger partial charge >= 0.3 is 0 Å². The number of rotatable bonds is 6. The number of methoxy groups -OCH3 is 1. The summed E-state index contributed by atoms with van der Waals surface area (Å²) in [5.74, 6) is -0.173. The maximum absolute atomic E-state index is 14.0. The lowest BCUT2D eigenvalue weighted by Gasteiger charge is -2.25. The zero-order valence-corrected chi connectivity index (χ0v) is 19.2. The molecule has 0 bridgehead atoms. The molecule has 8 nitrogen and oxygen atoms in total. The smallest absolute Gasteiger partial charge is 0.270 e. The standard InChI is InChI=1S/C25H18FN5O3S/c1-34-23-13-17(20-4-7-24(26)29-15-20)3-6-22(23)31(25-9-11-28-16-30-25)35(32,33)21-5-2-19-14-27-10-8-18(19)12-21/h2-16H,1H3. The van der Waals surface area contributed by atoms with Gasteiger partial charge in [-0.2, -0.15) is 4.39 Å².